The third-order valence-electron chi connectivity index (χ3n) is 5.40. The van der Waals surface area contributed by atoms with Crippen molar-refractivity contribution < 1.29 is 9.53 Å². The monoisotopic (exact) mass is 266 g/mol. The Kier molecular flexibility index (Phi) is 3.81. The largest absolute Gasteiger partial charge is 0.385 e. The summed E-state index contributed by atoms with van der Waals surface area (Å²) in [6.45, 7) is 3.40. The number of methoxy groups -OCH3 is 1. The second-order valence-corrected chi connectivity index (χ2v) is 6.54. The van der Waals surface area contributed by atoms with Gasteiger partial charge < -0.3 is 15.4 Å². The Morgan fingerprint density at radius 2 is 2.00 bits per heavy atom. The van der Waals surface area contributed by atoms with Crippen molar-refractivity contribution in [2.45, 2.75) is 44.7 Å². The van der Waals surface area contributed by atoms with E-state index < -0.39 is 0 Å². The molecule has 0 aromatic rings. The van der Waals surface area contributed by atoms with Crippen molar-refractivity contribution in [1.29, 1.82) is 0 Å². The molecular formula is C15H26N2O2. The van der Waals surface area contributed by atoms with E-state index in [9.17, 15) is 4.79 Å². The number of nitrogens with one attached hydrogen (secondary N) is 2. The molecule has 0 spiro atoms. The molecule has 2 bridgehead atoms. The van der Waals surface area contributed by atoms with Gasteiger partial charge in [0.1, 0.15) is 0 Å². The van der Waals surface area contributed by atoms with Crippen LogP contribution in [-0.2, 0) is 9.53 Å². The van der Waals surface area contributed by atoms with Gasteiger partial charge in [0.05, 0.1) is 6.04 Å². The Hall–Kier alpha value is -0.610. The van der Waals surface area contributed by atoms with E-state index in [1.165, 1.54) is 19.3 Å². The number of hydrogen-bond acceptors (Lipinski definition) is 3. The second-order valence-electron chi connectivity index (χ2n) is 6.54. The van der Waals surface area contributed by atoms with Gasteiger partial charge in [-0.05, 0) is 56.3 Å². The van der Waals surface area contributed by atoms with Crippen molar-refractivity contribution in [1.82, 2.24) is 10.6 Å². The molecule has 1 amide bonds. The summed E-state index contributed by atoms with van der Waals surface area (Å²) in [6.07, 6.45) is 5.21. The maximum absolute atomic E-state index is 12.0. The van der Waals surface area contributed by atoms with Crippen LogP contribution in [0.2, 0.25) is 0 Å². The van der Waals surface area contributed by atoms with E-state index in [4.69, 9.17) is 4.74 Å². The van der Waals surface area contributed by atoms with Crippen LogP contribution in [0.15, 0.2) is 0 Å². The van der Waals surface area contributed by atoms with Crippen LogP contribution in [0.3, 0.4) is 0 Å². The highest BCUT2D eigenvalue weighted by molar-refractivity contribution is 5.81. The summed E-state index contributed by atoms with van der Waals surface area (Å²) in [5.41, 5.74) is 0. The molecule has 2 N–H and O–H groups in total. The zero-order chi connectivity index (χ0) is 13.4. The fourth-order valence-corrected chi connectivity index (χ4v) is 4.49. The fraction of sp³-hybridized carbons (Fsp3) is 0.933. The molecule has 0 saturated heterocycles. The highest BCUT2D eigenvalue weighted by atomic mass is 16.5. The summed E-state index contributed by atoms with van der Waals surface area (Å²) in [5, 5.41) is 6.53. The molecule has 3 saturated carbocycles. The third-order valence-corrected chi connectivity index (χ3v) is 5.40. The van der Waals surface area contributed by atoms with Crippen molar-refractivity contribution in [2.24, 2.45) is 23.7 Å². The van der Waals surface area contributed by atoms with Crippen LogP contribution in [0, 0.1) is 23.7 Å². The van der Waals surface area contributed by atoms with Crippen LogP contribution < -0.4 is 10.6 Å². The van der Waals surface area contributed by atoms with Gasteiger partial charge in [0.25, 0.3) is 0 Å². The van der Waals surface area contributed by atoms with E-state index in [0.717, 1.165) is 30.1 Å². The molecule has 5 unspecified atom stereocenters. The van der Waals surface area contributed by atoms with E-state index in [2.05, 4.69) is 10.6 Å². The minimum Gasteiger partial charge on any atom is -0.385 e. The van der Waals surface area contributed by atoms with E-state index in [-0.39, 0.29) is 11.9 Å². The van der Waals surface area contributed by atoms with Gasteiger partial charge in [0.15, 0.2) is 0 Å². The van der Waals surface area contributed by atoms with Crippen molar-refractivity contribution in [2.75, 3.05) is 20.3 Å². The average molecular weight is 266 g/mol. The maximum atomic E-state index is 12.0. The first-order valence-electron chi connectivity index (χ1n) is 7.75. The van der Waals surface area contributed by atoms with Gasteiger partial charge in [-0.1, -0.05) is 0 Å². The molecule has 4 nitrogen and oxygen atoms in total. The van der Waals surface area contributed by atoms with Gasteiger partial charge in [-0.3, -0.25) is 4.79 Å². The molecule has 3 aliphatic carbocycles. The van der Waals surface area contributed by atoms with Crippen LogP contribution in [0.1, 0.15) is 32.6 Å². The van der Waals surface area contributed by atoms with Crippen LogP contribution >= 0.6 is 0 Å². The first kappa shape index (κ1) is 13.4. The van der Waals surface area contributed by atoms with Crippen molar-refractivity contribution >= 4 is 5.91 Å². The molecule has 19 heavy (non-hydrogen) atoms. The Balaban J connectivity index is 1.38. The van der Waals surface area contributed by atoms with E-state index in [0.29, 0.717) is 19.2 Å². The van der Waals surface area contributed by atoms with Crippen molar-refractivity contribution in [3.05, 3.63) is 0 Å². The Bertz CT molecular complexity index is 331. The van der Waals surface area contributed by atoms with Gasteiger partial charge in [-0.15, -0.1) is 0 Å². The Morgan fingerprint density at radius 3 is 2.63 bits per heavy atom. The van der Waals surface area contributed by atoms with E-state index in [1.807, 2.05) is 6.92 Å². The van der Waals surface area contributed by atoms with Crippen LogP contribution in [-0.4, -0.2) is 38.3 Å². The normalized spacial score (nSPS) is 40.0. The second kappa shape index (κ2) is 5.41. The summed E-state index contributed by atoms with van der Waals surface area (Å²) in [7, 11) is 1.69. The topological polar surface area (TPSA) is 50.4 Å². The molecule has 5 atom stereocenters. The quantitative estimate of drug-likeness (QED) is 0.680. The molecule has 3 rings (SSSR count). The molecule has 0 radical (unpaired) electrons. The van der Waals surface area contributed by atoms with Gasteiger partial charge >= 0.3 is 0 Å². The lowest BCUT2D eigenvalue weighted by Crippen LogP contribution is -2.44. The van der Waals surface area contributed by atoms with Crippen LogP contribution in [0.5, 0.6) is 0 Å². The molecule has 108 valence electrons. The predicted octanol–water partition coefficient (Wildman–Crippen LogP) is 1.16. The molecule has 3 fully saturated rings. The fourth-order valence-electron chi connectivity index (χ4n) is 4.49. The van der Waals surface area contributed by atoms with Crippen LogP contribution in [0.25, 0.3) is 0 Å². The summed E-state index contributed by atoms with van der Waals surface area (Å²) in [6, 6.07) is 0.573. The Morgan fingerprint density at radius 1 is 1.32 bits per heavy atom. The highest BCUT2D eigenvalue weighted by Crippen LogP contribution is 2.65. The highest BCUT2D eigenvalue weighted by Gasteiger charge is 2.65. The lowest BCUT2D eigenvalue weighted by Gasteiger charge is -2.16. The molecule has 0 aliphatic heterocycles. The molecule has 4 heteroatoms. The summed E-state index contributed by atoms with van der Waals surface area (Å²) in [5.74, 6) is 3.84. The van der Waals surface area contributed by atoms with Gasteiger partial charge in [0, 0.05) is 26.3 Å². The zero-order valence-corrected chi connectivity index (χ0v) is 12.0. The number of fused-ring (bicyclic) bond motifs is 5. The number of carbonyl (C=O) groups excluding carboxylic acids is 1. The van der Waals surface area contributed by atoms with Gasteiger partial charge in [0.2, 0.25) is 5.91 Å². The number of rotatable bonds is 7. The molecular weight excluding hydrogens is 240 g/mol. The molecule has 0 aromatic heterocycles. The predicted molar refractivity (Wildman–Crippen MR) is 73.7 cm³/mol. The lowest BCUT2D eigenvalue weighted by molar-refractivity contribution is -0.122. The molecule has 3 aliphatic rings. The smallest absolute Gasteiger partial charge is 0.236 e. The average Bonchev–Trinajstić information content (AvgIpc) is 2.82. The SMILES string of the molecule is COCCCNC(=O)C(C)NC1C2C3CCC(C3)C12. The summed E-state index contributed by atoms with van der Waals surface area (Å²) >= 11 is 0. The summed E-state index contributed by atoms with van der Waals surface area (Å²) in [4.78, 5) is 12.0. The molecule has 0 heterocycles. The summed E-state index contributed by atoms with van der Waals surface area (Å²) < 4.78 is 4.97. The Labute approximate surface area is 115 Å². The third kappa shape index (κ3) is 2.52. The first-order chi connectivity index (χ1) is 9.22. The van der Waals surface area contributed by atoms with Crippen molar-refractivity contribution in [3.8, 4) is 0 Å². The number of amides is 1. The number of carbonyl (C=O) groups is 1. The van der Waals surface area contributed by atoms with E-state index >= 15 is 0 Å². The van der Waals surface area contributed by atoms with Crippen molar-refractivity contribution in [3.63, 3.8) is 0 Å². The maximum Gasteiger partial charge on any atom is 0.236 e. The van der Waals surface area contributed by atoms with Gasteiger partial charge in [-0.2, -0.15) is 0 Å². The zero-order valence-electron chi connectivity index (χ0n) is 12.0. The minimum atomic E-state index is -0.0578. The number of ether oxygens (including phenoxy) is 1. The molecule has 0 aromatic carbocycles. The first-order valence-corrected chi connectivity index (χ1v) is 7.75. The lowest BCUT2D eigenvalue weighted by atomic mass is 10.0. The number of hydrogen-bond donors (Lipinski definition) is 2. The van der Waals surface area contributed by atoms with Crippen LogP contribution in [0.4, 0.5) is 0 Å². The van der Waals surface area contributed by atoms with Gasteiger partial charge in [-0.25, -0.2) is 0 Å². The van der Waals surface area contributed by atoms with E-state index in [1.54, 1.807) is 7.11 Å². The standard InChI is InChI=1S/C15H26N2O2/c1-9(15(18)16-6-3-7-19-2)17-14-12-10-4-5-11(8-10)13(12)14/h9-14,17H,3-8H2,1-2H3,(H,16,18). The minimum absolute atomic E-state index is 0.0578.